The van der Waals surface area contributed by atoms with Crippen molar-refractivity contribution in [3.05, 3.63) is 29.3 Å². The summed E-state index contributed by atoms with van der Waals surface area (Å²) >= 11 is 0. The lowest BCUT2D eigenvalue weighted by atomic mass is 9.75. The van der Waals surface area contributed by atoms with Gasteiger partial charge in [-0.25, -0.2) is 0 Å². The fourth-order valence-electron chi connectivity index (χ4n) is 5.39. The molecule has 0 aromatic heterocycles. The summed E-state index contributed by atoms with van der Waals surface area (Å²) in [6.45, 7) is 10.9. The first-order chi connectivity index (χ1) is 13.1. The van der Waals surface area contributed by atoms with Crippen LogP contribution in [-0.2, 0) is 4.79 Å². The van der Waals surface area contributed by atoms with Gasteiger partial charge in [0, 0.05) is 38.4 Å². The molecule has 148 valence electrons. The molecule has 4 rings (SSSR count). The Morgan fingerprint density at radius 2 is 1.70 bits per heavy atom. The number of rotatable bonds is 3. The minimum atomic E-state index is 0.338. The number of carbonyl (C=O) groups excluding carboxylic acids is 1. The number of likely N-dealkylation sites (tertiary alicyclic amines) is 1. The zero-order chi connectivity index (χ0) is 18.8. The van der Waals surface area contributed by atoms with E-state index in [1.54, 1.807) is 0 Å². The van der Waals surface area contributed by atoms with Gasteiger partial charge in [0.05, 0.1) is 6.54 Å². The number of hydrogen-bond donors (Lipinski definition) is 0. The predicted molar refractivity (Wildman–Crippen MR) is 111 cm³/mol. The highest BCUT2D eigenvalue weighted by Gasteiger charge is 2.32. The summed E-state index contributed by atoms with van der Waals surface area (Å²) < 4.78 is 0. The average Bonchev–Trinajstić information content (AvgIpc) is 2.70. The molecule has 3 aliphatic rings. The van der Waals surface area contributed by atoms with Gasteiger partial charge in [0.1, 0.15) is 0 Å². The number of benzene rings is 1. The Balaban J connectivity index is 1.28. The first-order valence-corrected chi connectivity index (χ1v) is 10.9. The highest BCUT2D eigenvalue weighted by molar-refractivity contribution is 5.78. The largest absolute Gasteiger partial charge is 0.368 e. The molecule has 0 N–H and O–H groups in total. The van der Waals surface area contributed by atoms with E-state index in [0.717, 1.165) is 51.1 Å². The van der Waals surface area contributed by atoms with Gasteiger partial charge in [0.2, 0.25) is 5.91 Å². The number of hydrogen-bond acceptors (Lipinski definition) is 3. The highest BCUT2D eigenvalue weighted by Crippen LogP contribution is 2.36. The molecule has 0 bridgehead atoms. The van der Waals surface area contributed by atoms with Crippen molar-refractivity contribution in [3.8, 4) is 0 Å². The highest BCUT2D eigenvalue weighted by atomic mass is 16.2. The topological polar surface area (TPSA) is 26.8 Å². The second-order valence-corrected chi connectivity index (χ2v) is 8.92. The summed E-state index contributed by atoms with van der Waals surface area (Å²) in [6.07, 6.45) is 6.92. The van der Waals surface area contributed by atoms with Gasteiger partial charge in [-0.3, -0.25) is 9.69 Å². The van der Waals surface area contributed by atoms with Gasteiger partial charge in [-0.15, -0.1) is 0 Å². The van der Waals surface area contributed by atoms with E-state index in [-0.39, 0.29) is 0 Å². The number of piperazine rings is 1. The van der Waals surface area contributed by atoms with Crippen molar-refractivity contribution in [1.82, 2.24) is 9.80 Å². The normalized spacial score (nSPS) is 26.7. The number of aryl methyl sites for hydroxylation is 1. The molecule has 1 saturated carbocycles. The third kappa shape index (κ3) is 4.16. The van der Waals surface area contributed by atoms with Crippen LogP contribution in [0.1, 0.15) is 43.2 Å². The Bertz CT molecular complexity index is 666. The quantitative estimate of drug-likeness (QED) is 0.816. The Morgan fingerprint density at radius 1 is 0.963 bits per heavy atom. The van der Waals surface area contributed by atoms with Crippen molar-refractivity contribution in [2.45, 2.75) is 46.0 Å². The number of nitrogens with zero attached hydrogens (tertiary/aromatic N) is 3. The first-order valence-electron chi connectivity index (χ1n) is 10.9. The Kier molecular flexibility index (Phi) is 5.72. The lowest BCUT2D eigenvalue weighted by Gasteiger charge is -2.42. The molecule has 0 radical (unpaired) electrons. The monoisotopic (exact) mass is 369 g/mol. The van der Waals surface area contributed by atoms with E-state index in [1.807, 2.05) is 0 Å². The standard InChI is InChI=1S/C23H35N3O/c1-18-6-5-9-22(19(18)2)25-12-14-26(15-13-25)23(27)17-24-11-10-20-7-3-4-8-21(20)16-24/h5-6,9,20-21H,3-4,7-8,10-17H2,1-2H3/t20-,21-/m1/s1. The molecule has 27 heavy (non-hydrogen) atoms. The fourth-order valence-corrected chi connectivity index (χ4v) is 5.39. The molecule has 3 fully saturated rings. The summed E-state index contributed by atoms with van der Waals surface area (Å²) in [4.78, 5) is 19.8. The van der Waals surface area contributed by atoms with Crippen molar-refractivity contribution in [3.63, 3.8) is 0 Å². The van der Waals surface area contributed by atoms with Crippen LogP contribution >= 0.6 is 0 Å². The van der Waals surface area contributed by atoms with E-state index >= 15 is 0 Å². The summed E-state index contributed by atoms with van der Waals surface area (Å²) in [5.74, 6) is 2.12. The molecule has 1 aromatic rings. The summed E-state index contributed by atoms with van der Waals surface area (Å²) in [5.41, 5.74) is 4.05. The molecule has 2 aliphatic heterocycles. The number of anilines is 1. The minimum Gasteiger partial charge on any atom is -0.368 e. The molecule has 0 spiro atoms. The molecular weight excluding hydrogens is 334 g/mol. The van der Waals surface area contributed by atoms with E-state index in [0.29, 0.717) is 12.5 Å². The third-order valence-corrected chi connectivity index (χ3v) is 7.28. The van der Waals surface area contributed by atoms with Crippen molar-refractivity contribution in [2.75, 3.05) is 50.7 Å². The predicted octanol–water partition coefficient (Wildman–Crippen LogP) is 3.46. The molecule has 1 aromatic carbocycles. The minimum absolute atomic E-state index is 0.338. The van der Waals surface area contributed by atoms with Crippen LogP contribution in [-0.4, -0.2) is 61.5 Å². The van der Waals surface area contributed by atoms with Gasteiger partial charge >= 0.3 is 0 Å². The maximum atomic E-state index is 12.9. The number of carbonyl (C=O) groups is 1. The molecule has 0 unspecified atom stereocenters. The lowest BCUT2D eigenvalue weighted by Crippen LogP contribution is -2.53. The van der Waals surface area contributed by atoms with Crippen LogP contribution in [0.5, 0.6) is 0 Å². The van der Waals surface area contributed by atoms with Crippen LogP contribution in [0.3, 0.4) is 0 Å². The Morgan fingerprint density at radius 3 is 2.48 bits per heavy atom. The van der Waals surface area contributed by atoms with Crippen molar-refractivity contribution >= 4 is 11.6 Å². The molecule has 1 aliphatic carbocycles. The zero-order valence-corrected chi connectivity index (χ0v) is 17.1. The molecule has 2 heterocycles. The van der Waals surface area contributed by atoms with Gasteiger partial charge in [-0.1, -0.05) is 31.4 Å². The fraction of sp³-hybridized carbons (Fsp3) is 0.696. The molecule has 2 atom stereocenters. The van der Waals surface area contributed by atoms with Gasteiger partial charge < -0.3 is 9.80 Å². The third-order valence-electron chi connectivity index (χ3n) is 7.28. The van der Waals surface area contributed by atoms with E-state index in [4.69, 9.17) is 0 Å². The van der Waals surface area contributed by atoms with Gasteiger partial charge in [-0.05, 0) is 62.3 Å². The maximum Gasteiger partial charge on any atom is 0.236 e. The first kappa shape index (κ1) is 18.8. The maximum absolute atomic E-state index is 12.9. The molecule has 1 amide bonds. The SMILES string of the molecule is Cc1cccc(N2CCN(C(=O)CN3CC[C@H]4CCCC[C@@H]4C3)CC2)c1C. The van der Waals surface area contributed by atoms with Crippen LogP contribution in [0.25, 0.3) is 0 Å². The molecular formula is C23H35N3O. The summed E-state index contributed by atoms with van der Waals surface area (Å²) in [7, 11) is 0. The van der Waals surface area contributed by atoms with Crippen LogP contribution < -0.4 is 4.90 Å². The average molecular weight is 370 g/mol. The van der Waals surface area contributed by atoms with Gasteiger partial charge in [0.25, 0.3) is 0 Å². The lowest BCUT2D eigenvalue weighted by molar-refractivity contribution is -0.133. The zero-order valence-electron chi connectivity index (χ0n) is 17.1. The molecule has 4 heteroatoms. The van der Waals surface area contributed by atoms with E-state index < -0.39 is 0 Å². The van der Waals surface area contributed by atoms with Crippen LogP contribution in [0.15, 0.2) is 18.2 Å². The van der Waals surface area contributed by atoms with Crippen LogP contribution in [0.4, 0.5) is 5.69 Å². The van der Waals surface area contributed by atoms with Crippen LogP contribution in [0.2, 0.25) is 0 Å². The number of amides is 1. The van der Waals surface area contributed by atoms with E-state index in [9.17, 15) is 4.79 Å². The van der Waals surface area contributed by atoms with Crippen molar-refractivity contribution < 1.29 is 4.79 Å². The smallest absolute Gasteiger partial charge is 0.236 e. The summed E-state index contributed by atoms with van der Waals surface area (Å²) in [5, 5.41) is 0. The van der Waals surface area contributed by atoms with E-state index in [1.165, 1.54) is 48.9 Å². The second-order valence-electron chi connectivity index (χ2n) is 8.92. The van der Waals surface area contributed by atoms with Gasteiger partial charge in [-0.2, -0.15) is 0 Å². The molecule has 2 saturated heterocycles. The number of piperidine rings is 1. The Hall–Kier alpha value is -1.55. The van der Waals surface area contributed by atoms with Crippen molar-refractivity contribution in [2.24, 2.45) is 11.8 Å². The molecule has 4 nitrogen and oxygen atoms in total. The number of fused-ring (bicyclic) bond motifs is 1. The second kappa shape index (κ2) is 8.22. The Labute approximate surface area is 164 Å². The van der Waals surface area contributed by atoms with Crippen molar-refractivity contribution in [1.29, 1.82) is 0 Å². The van der Waals surface area contributed by atoms with Crippen LogP contribution in [0, 0.1) is 25.7 Å². The van der Waals surface area contributed by atoms with E-state index in [2.05, 4.69) is 46.7 Å². The summed E-state index contributed by atoms with van der Waals surface area (Å²) in [6, 6.07) is 6.53. The van der Waals surface area contributed by atoms with Gasteiger partial charge in [0.15, 0.2) is 0 Å².